The van der Waals surface area contributed by atoms with E-state index in [0.717, 1.165) is 17.7 Å². The number of hydrogen-bond acceptors (Lipinski definition) is 2. The van der Waals surface area contributed by atoms with Crippen LogP contribution in [0.2, 0.25) is 0 Å². The summed E-state index contributed by atoms with van der Waals surface area (Å²) in [6.07, 6.45) is -3.90. The number of nitrogens with two attached hydrogens (primary N) is 1. The van der Waals surface area contributed by atoms with Crippen LogP contribution in [0.3, 0.4) is 0 Å². The number of furan rings is 1. The standard InChI is InChI=1S/C13H11BrF3NO/c14-12-6-5-11(19-12)10(18)7-8-1-3-9(4-2-8)13(15,16)17/h1-6,10H,7,18H2. The van der Waals surface area contributed by atoms with Gasteiger partial charge in [0.2, 0.25) is 0 Å². The molecule has 0 saturated carbocycles. The van der Waals surface area contributed by atoms with Crippen molar-refractivity contribution in [1.82, 2.24) is 0 Å². The summed E-state index contributed by atoms with van der Waals surface area (Å²) < 4.78 is 43.1. The zero-order valence-electron chi connectivity index (χ0n) is 9.75. The van der Waals surface area contributed by atoms with E-state index in [0.29, 0.717) is 16.9 Å². The van der Waals surface area contributed by atoms with Gasteiger partial charge in [0.1, 0.15) is 5.76 Å². The molecule has 1 aromatic carbocycles. The van der Waals surface area contributed by atoms with E-state index in [2.05, 4.69) is 15.9 Å². The van der Waals surface area contributed by atoms with Crippen LogP contribution in [0.15, 0.2) is 45.5 Å². The molecular weight excluding hydrogens is 323 g/mol. The lowest BCUT2D eigenvalue weighted by Gasteiger charge is -2.10. The zero-order chi connectivity index (χ0) is 14.0. The maximum atomic E-state index is 12.4. The summed E-state index contributed by atoms with van der Waals surface area (Å²) >= 11 is 3.17. The van der Waals surface area contributed by atoms with Crippen LogP contribution >= 0.6 is 15.9 Å². The molecule has 2 nitrogen and oxygen atoms in total. The third kappa shape index (κ3) is 3.61. The molecule has 1 atom stereocenters. The van der Waals surface area contributed by atoms with Crippen LogP contribution in [0.5, 0.6) is 0 Å². The molecule has 2 aromatic rings. The normalized spacial score (nSPS) is 13.5. The topological polar surface area (TPSA) is 39.2 Å². The predicted octanol–water partition coefficient (Wildman–Crippen LogP) is 4.30. The fourth-order valence-corrected chi connectivity index (χ4v) is 2.03. The van der Waals surface area contributed by atoms with E-state index < -0.39 is 11.7 Å². The minimum absolute atomic E-state index is 0.386. The van der Waals surface area contributed by atoms with Gasteiger partial charge in [-0.05, 0) is 52.2 Å². The maximum Gasteiger partial charge on any atom is 0.416 e. The largest absolute Gasteiger partial charge is 0.453 e. The Morgan fingerprint density at radius 3 is 2.21 bits per heavy atom. The molecule has 102 valence electrons. The Kier molecular flexibility index (Phi) is 4.01. The van der Waals surface area contributed by atoms with E-state index in [1.807, 2.05) is 0 Å². The van der Waals surface area contributed by atoms with E-state index in [-0.39, 0.29) is 6.04 Å². The SMILES string of the molecule is NC(Cc1ccc(C(F)(F)F)cc1)c1ccc(Br)o1. The average molecular weight is 334 g/mol. The van der Waals surface area contributed by atoms with Gasteiger partial charge in [-0.2, -0.15) is 13.2 Å². The molecule has 1 aromatic heterocycles. The highest BCUT2D eigenvalue weighted by Crippen LogP contribution is 2.29. The van der Waals surface area contributed by atoms with Crippen molar-refractivity contribution < 1.29 is 17.6 Å². The van der Waals surface area contributed by atoms with Gasteiger partial charge in [0.15, 0.2) is 4.67 Å². The number of alkyl halides is 3. The number of halogens is 4. The van der Waals surface area contributed by atoms with Crippen molar-refractivity contribution in [1.29, 1.82) is 0 Å². The number of rotatable bonds is 3. The van der Waals surface area contributed by atoms with E-state index in [1.165, 1.54) is 12.1 Å². The summed E-state index contributed by atoms with van der Waals surface area (Å²) in [5.74, 6) is 0.590. The van der Waals surface area contributed by atoms with Crippen LogP contribution in [0.25, 0.3) is 0 Å². The van der Waals surface area contributed by atoms with Crippen LogP contribution in [-0.4, -0.2) is 0 Å². The van der Waals surface area contributed by atoms with Gasteiger partial charge in [-0.3, -0.25) is 0 Å². The van der Waals surface area contributed by atoms with Crippen molar-refractivity contribution in [3.8, 4) is 0 Å². The highest BCUT2D eigenvalue weighted by Gasteiger charge is 2.29. The molecule has 2 rings (SSSR count). The molecule has 1 unspecified atom stereocenters. The highest BCUT2D eigenvalue weighted by atomic mass is 79.9. The quantitative estimate of drug-likeness (QED) is 0.909. The first-order valence-corrected chi connectivity index (χ1v) is 6.32. The summed E-state index contributed by atoms with van der Waals surface area (Å²) in [6.45, 7) is 0. The molecule has 19 heavy (non-hydrogen) atoms. The number of benzene rings is 1. The molecule has 0 bridgehead atoms. The van der Waals surface area contributed by atoms with E-state index in [9.17, 15) is 13.2 Å². The lowest BCUT2D eigenvalue weighted by Crippen LogP contribution is -2.12. The molecular formula is C13H11BrF3NO. The van der Waals surface area contributed by atoms with Crippen LogP contribution < -0.4 is 5.73 Å². The average Bonchev–Trinajstić information content (AvgIpc) is 2.75. The third-order valence-corrected chi connectivity index (χ3v) is 3.12. The maximum absolute atomic E-state index is 12.4. The molecule has 0 fully saturated rings. The summed E-state index contributed by atoms with van der Waals surface area (Å²) in [5, 5.41) is 0. The first-order chi connectivity index (χ1) is 8.86. The van der Waals surface area contributed by atoms with Gasteiger partial charge >= 0.3 is 6.18 Å². The van der Waals surface area contributed by atoms with Gasteiger partial charge in [-0.15, -0.1) is 0 Å². The molecule has 0 radical (unpaired) electrons. The lowest BCUT2D eigenvalue weighted by molar-refractivity contribution is -0.137. The summed E-state index contributed by atoms with van der Waals surface area (Å²) in [4.78, 5) is 0. The van der Waals surface area contributed by atoms with Gasteiger partial charge in [0, 0.05) is 0 Å². The summed E-state index contributed by atoms with van der Waals surface area (Å²) in [6, 6.07) is 8.05. The van der Waals surface area contributed by atoms with Crippen molar-refractivity contribution in [2.24, 2.45) is 5.73 Å². The molecule has 0 aliphatic heterocycles. The van der Waals surface area contributed by atoms with Gasteiger partial charge in [0.05, 0.1) is 11.6 Å². The summed E-state index contributed by atoms with van der Waals surface area (Å²) in [7, 11) is 0. The molecule has 6 heteroatoms. The fourth-order valence-electron chi connectivity index (χ4n) is 1.71. The Hall–Kier alpha value is -1.27. The molecule has 0 aliphatic carbocycles. The van der Waals surface area contributed by atoms with Crippen LogP contribution in [0, 0.1) is 0 Å². The first kappa shape index (κ1) is 14.1. The molecule has 0 saturated heterocycles. The second-order valence-electron chi connectivity index (χ2n) is 4.15. The minimum atomic E-state index is -4.31. The second-order valence-corrected chi connectivity index (χ2v) is 4.93. The van der Waals surface area contributed by atoms with Crippen LogP contribution in [-0.2, 0) is 12.6 Å². The lowest BCUT2D eigenvalue weighted by atomic mass is 10.0. The molecule has 1 heterocycles. The number of hydrogen-bond donors (Lipinski definition) is 1. The Morgan fingerprint density at radius 2 is 1.74 bits per heavy atom. The van der Waals surface area contributed by atoms with E-state index in [4.69, 9.17) is 10.2 Å². The van der Waals surface area contributed by atoms with Crippen LogP contribution in [0.4, 0.5) is 13.2 Å². The smallest absolute Gasteiger partial charge is 0.416 e. The summed E-state index contributed by atoms with van der Waals surface area (Å²) in [5.41, 5.74) is 6.00. The van der Waals surface area contributed by atoms with E-state index >= 15 is 0 Å². The second kappa shape index (κ2) is 5.38. The van der Waals surface area contributed by atoms with Crippen molar-refractivity contribution >= 4 is 15.9 Å². The zero-order valence-corrected chi connectivity index (χ0v) is 11.3. The Labute approximate surface area is 116 Å². The third-order valence-electron chi connectivity index (χ3n) is 2.70. The Balaban J connectivity index is 2.07. The minimum Gasteiger partial charge on any atom is -0.453 e. The Morgan fingerprint density at radius 1 is 1.11 bits per heavy atom. The van der Waals surface area contributed by atoms with Crippen molar-refractivity contribution in [2.75, 3.05) is 0 Å². The highest BCUT2D eigenvalue weighted by molar-refractivity contribution is 9.10. The molecule has 0 spiro atoms. The molecule has 0 amide bonds. The van der Waals surface area contributed by atoms with Gasteiger partial charge in [0.25, 0.3) is 0 Å². The van der Waals surface area contributed by atoms with Crippen molar-refractivity contribution in [3.05, 3.63) is 58.0 Å². The molecule has 0 aliphatic rings. The van der Waals surface area contributed by atoms with Gasteiger partial charge < -0.3 is 10.2 Å². The Bertz CT molecular complexity index is 548. The van der Waals surface area contributed by atoms with Crippen molar-refractivity contribution in [2.45, 2.75) is 18.6 Å². The van der Waals surface area contributed by atoms with E-state index in [1.54, 1.807) is 12.1 Å². The predicted molar refractivity (Wildman–Crippen MR) is 68.5 cm³/mol. The van der Waals surface area contributed by atoms with Gasteiger partial charge in [-0.25, -0.2) is 0 Å². The van der Waals surface area contributed by atoms with Crippen LogP contribution in [0.1, 0.15) is 22.9 Å². The fraction of sp³-hybridized carbons (Fsp3) is 0.231. The first-order valence-electron chi connectivity index (χ1n) is 5.53. The molecule has 2 N–H and O–H groups in total. The monoisotopic (exact) mass is 333 g/mol. The van der Waals surface area contributed by atoms with Gasteiger partial charge in [-0.1, -0.05) is 12.1 Å². The van der Waals surface area contributed by atoms with Crippen molar-refractivity contribution in [3.63, 3.8) is 0 Å².